The van der Waals surface area contributed by atoms with Crippen molar-refractivity contribution in [3.8, 4) is 0 Å². The number of anilines is 1. The van der Waals surface area contributed by atoms with E-state index in [9.17, 15) is 4.79 Å². The SMILES string of the molecule is CN(C(=O)c1ccc(N=[N+]=[N-])cc1)c1cccc(N=[N+]=[N-])c1. The van der Waals surface area contributed by atoms with Crippen LogP contribution in [0.1, 0.15) is 10.4 Å². The summed E-state index contributed by atoms with van der Waals surface area (Å²) in [6.07, 6.45) is 0. The second-order valence-corrected chi connectivity index (χ2v) is 4.31. The maximum Gasteiger partial charge on any atom is 0.258 e. The van der Waals surface area contributed by atoms with Crippen LogP contribution in [0.4, 0.5) is 17.1 Å². The zero-order chi connectivity index (χ0) is 15.9. The lowest BCUT2D eigenvalue weighted by Gasteiger charge is -2.17. The van der Waals surface area contributed by atoms with E-state index in [-0.39, 0.29) is 5.91 Å². The van der Waals surface area contributed by atoms with Crippen molar-refractivity contribution in [2.75, 3.05) is 11.9 Å². The molecule has 0 bridgehead atoms. The van der Waals surface area contributed by atoms with Crippen LogP contribution in [0.15, 0.2) is 58.8 Å². The second-order valence-electron chi connectivity index (χ2n) is 4.31. The summed E-state index contributed by atoms with van der Waals surface area (Å²) < 4.78 is 0. The van der Waals surface area contributed by atoms with Crippen LogP contribution in [0.25, 0.3) is 20.9 Å². The Labute approximate surface area is 125 Å². The summed E-state index contributed by atoms with van der Waals surface area (Å²) in [5, 5.41) is 6.96. The van der Waals surface area contributed by atoms with Gasteiger partial charge in [0.25, 0.3) is 5.91 Å². The van der Waals surface area contributed by atoms with Crippen molar-refractivity contribution in [1.29, 1.82) is 0 Å². The molecule has 8 nitrogen and oxygen atoms in total. The molecule has 0 aliphatic carbocycles. The third-order valence-corrected chi connectivity index (χ3v) is 2.96. The quantitative estimate of drug-likeness (QED) is 0.447. The Morgan fingerprint density at radius 1 is 1.00 bits per heavy atom. The molecule has 0 saturated heterocycles. The highest BCUT2D eigenvalue weighted by Gasteiger charge is 2.13. The standard InChI is InChI=1S/C14H11N7O/c1-21(13-4-2-3-12(9-13)18-20-16)14(22)10-5-7-11(8-6-10)17-19-15/h2-9H,1H3. The fourth-order valence-electron chi connectivity index (χ4n) is 1.85. The second kappa shape index (κ2) is 6.81. The number of hydrogen-bond donors (Lipinski definition) is 0. The molecule has 0 aliphatic heterocycles. The highest BCUT2D eigenvalue weighted by Crippen LogP contribution is 2.23. The van der Waals surface area contributed by atoms with Gasteiger partial charge >= 0.3 is 0 Å². The molecule has 2 aromatic carbocycles. The van der Waals surface area contributed by atoms with Crippen LogP contribution in [0.5, 0.6) is 0 Å². The minimum atomic E-state index is -0.231. The van der Waals surface area contributed by atoms with Crippen LogP contribution in [0.3, 0.4) is 0 Å². The zero-order valence-electron chi connectivity index (χ0n) is 11.7. The first-order valence-corrected chi connectivity index (χ1v) is 6.24. The van der Waals surface area contributed by atoms with Crippen LogP contribution >= 0.6 is 0 Å². The summed E-state index contributed by atoms with van der Waals surface area (Å²) in [6, 6.07) is 13.0. The van der Waals surface area contributed by atoms with Gasteiger partial charge in [-0.05, 0) is 35.3 Å². The molecule has 0 atom stereocenters. The molecule has 0 unspecified atom stereocenters. The van der Waals surface area contributed by atoms with Gasteiger partial charge in [-0.3, -0.25) is 4.79 Å². The van der Waals surface area contributed by atoms with Crippen molar-refractivity contribution in [2.24, 2.45) is 10.2 Å². The minimum absolute atomic E-state index is 0.231. The first kappa shape index (κ1) is 14.9. The number of nitrogens with zero attached hydrogens (tertiary/aromatic N) is 7. The molecule has 108 valence electrons. The smallest absolute Gasteiger partial charge is 0.258 e. The summed E-state index contributed by atoms with van der Waals surface area (Å²) in [4.78, 5) is 19.2. The molecule has 1 amide bonds. The van der Waals surface area contributed by atoms with E-state index in [1.807, 2.05) is 0 Å². The highest BCUT2D eigenvalue weighted by molar-refractivity contribution is 6.06. The molecule has 0 N–H and O–H groups in total. The van der Waals surface area contributed by atoms with Crippen molar-refractivity contribution < 1.29 is 4.79 Å². The Hall–Kier alpha value is -3.47. The van der Waals surface area contributed by atoms with Gasteiger partial charge in [-0.15, -0.1) is 0 Å². The molecule has 22 heavy (non-hydrogen) atoms. The van der Waals surface area contributed by atoms with Gasteiger partial charge in [-0.2, -0.15) is 0 Å². The molecular formula is C14H11N7O. The molecule has 2 rings (SSSR count). The summed E-state index contributed by atoms with van der Waals surface area (Å²) in [7, 11) is 1.62. The van der Waals surface area contributed by atoms with Gasteiger partial charge in [0.15, 0.2) is 0 Å². The Balaban J connectivity index is 2.26. The lowest BCUT2D eigenvalue weighted by molar-refractivity contribution is 0.0993. The average Bonchev–Trinajstić information content (AvgIpc) is 2.55. The van der Waals surface area contributed by atoms with E-state index in [2.05, 4.69) is 20.1 Å². The summed E-state index contributed by atoms with van der Waals surface area (Å²) in [5.74, 6) is -0.231. The largest absolute Gasteiger partial charge is 0.311 e. The van der Waals surface area contributed by atoms with Crippen molar-refractivity contribution in [2.45, 2.75) is 0 Å². The summed E-state index contributed by atoms with van der Waals surface area (Å²) in [6.45, 7) is 0. The fourth-order valence-corrected chi connectivity index (χ4v) is 1.85. The lowest BCUT2D eigenvalue weighted by atomic mass is 10.1. The van der Waals surface area contributed by atoms with Gasteiger partial charge in [0.2, 0.25) is 0 Å². The molecule has 0 aromatic heterocycles. The zero-order valence-corrected chi connectivity index (χ0v) is 11.7. The molecular weight excluding hydrogens is 282 g/mol. The number of rotatable bonds is 4. The van der Waals surface area contributed by atoms with E-state index in [1.54, 1.807) is 55.6 Å². The van der Waals surface area contributed by atoms with E-state index < -0.39 is 0 Å². The number of carbonyl (C=O) groups excluding carboxylic acids is 1. The first-order chi connectivity index (χ1) is 10.7. The van der Waals surface area contributed by atoms with Gasteiger partial charge in [0, 0.05) is 39.5 Å². The molecule has 0 spiro atoms. The van der Waals surface area contributed by atoms with Gasteiger partial charge < -0.3 is 4.90 Å². The van der Waals surface area contributed by atoms with Crippen LogP contribution in [-0.4, -0.2) is 13.0 Å². The van der Waals surface area contributed by atoms with Crippen molar-refractivity contribution in [3.63, 3.8) is 0 Å². The molecule has 0 aliphatic rings. The third kappa shape index (κ3) is 3.34. The van der Waals surface area contributed by atoms with Crippen LogP contribution in [0, 0.1) is 0 Å². The minimum Gasteiger partial charge on any atom is -0.311 e. The van der Waals surface area contributed by atoms with Crippen LogP contribution in [0.2, 0.25) is 0 Å². The van der Waals surface area contributed by atoms with E-state index in [0.717, 1.165) is 0 Å². The predicted octanol–water partition coefficient (Wildman–Crippen LogP) is 4.85. The van der Waals surface area contributed by atoms with Gasteiger partial charge in [-0.1, -0.05) is 34.5 Å². The van der Waals surface area contributed by atoms with E-state index in [4.69, 9.17) is 11.1 Å². The number of hydrogen-bond acceptors (Lipinski definition) is 3. The number of benzene rings is 2. The molecule has 8 heteroatoms. The topological polar surface area (TPSA) is 118 Å². The Morgan fingerprint density at radius 3 is 2.27 bits per heavy atom. The Bertz CT molecular complexity index is 787. The number of azide groups is 2. The van der Waals surface area contributed by atoms with Crippen molar-refractivity contribution >= 4 is 23.0 Å². The maximum atomic E-state index is 12.4. The molecule has 0 radical (unpaired) electrons. The highest BCUT2D eigenvalue weighted by atomic mass is 16.2. The first-order valence-electron chi connectivity index (χ1n) is 6.24. The monoisotopic (exact) mass is 293 g/mol. The van der Waals surface area contributed by atoms with Crippen molar-refractivity contribution in [3.05, 3.63) is 75.0 Å². The Kier molecular flexibility index (Phi) is 4.62. The molecule has 2 aromatic rings. The van der Waals surface area contributed by atoms with Gasteiger partial charge in [0.05, 0.1) is 0 Å². The van der Waals surface area contributed by atoms with E-state index >= 15 is 0 Å². The molecule has 0 saturated carbocycles. The molecule has 0 fully saturated rings. The summed E-state index contributed by atoms with van der Waals surface area (Å²) >= 11 is 0. The maximum absolute atomic E-state index is 12.4. The summed E-state index contributed by atoms with van der Waals surface area (Å²) in [5.41, 5.74) is 18.7. The third-order valence-electron chi connectivity index (χ3n) is 2.96. The van der Waals surface area contributed by atoms with E-state index in [0.29, 0.717) is 22.6 Å². The lowest BCUT2D eigenvalue weighted by Crippen LogP contribution is -2.25. The van der Waals surface area contributed by atoms with Gasteiger partial charge in [0.1, 0.15) is 0 Å². The van der Waals surface area contributed by atoms with Crippen molar-refractivity contribution in [1.82, 2.24) is 0 Å². The number of carbonyl (C=O) groups is 1. The normalized spacial score (nSPS) is 9.32. The van der Waals surface area contributed by atoms with E-state index in [1.165, 1.54) is 4.90 Å². The predicted molar refractivity (Wildman–Crippen MR) is 83.2 cm³/mol. The number of amides is 1. The van der Waals surface area contributed by atoms with Crippen LogP contribution in [-0.2, 0) is 0 Å². The average molecular weight is 293 g/mol. The fraction of sp³-hybridized carbons (Fsp3) is 0.0714. The van der Waals surface area contributed by atoms with Gasteiger partial charge in [-0.25, -0.2) is 0 Å². The van der Waals surface area contributed by atoms with Crippen LogP contribution < -0.4 is 4.90 Å². The molecule has 0 heterocycles. The Morgan fingerprint density at radius 2 is 1.64 bits per heavy atom.